The summed E-state index contributed by atoms with van der Waals surface area (Å²) in [5, 5.41) is 2.98. The van der Waals surface area contributed by atoms with Crippen molar-refractivity contribution in [2.75, 3.05) is 38.7 Å². The van der Waals surface area contributed by atoms with Crippen LogP contribution in [0, 0.1) is 5.92 Å². The molecular formula is C19H31N3O3. The number of methoxy groups -OCH3 is 1. The average Bonchev–Trinajstić information content (AvgIpc) is 3.05. The van der Waals surface area contributed by atoms with E-state index in [1.807, 2.05) is 18.2 Å². The summed E-state index contributed by atoms with van der Waals surface area (Å²) in [6, 6.07) is 5.63. The zero-order valence-corrected chi connectivity index (χ0v) is 15.6. The molecule has 2 unspecified atom stereocenters. The zero-order valence-electron chi connectivity index (χ0n) is 15.6. The maximum atomic E-state index is 12.4. The number of carbonyl (C=O) groups excluding carboxylic acids is 1. The maximum absolute atomic E-state index is 12.4. The van der Waals surface area contributed by atoms with Gasteiger partial charge in [0.05, 0.1) is 7.11 Å². The first-order valence-corrected chi connectivity index (χ1v) is 9.17. The Kier molecular flexibility index (Phi) is 7.52. The lowest BCUT2D eigenvalue weighted by atomic mass is 10.1. The van der Waals surface area contributed by atoms with Crippen LogP contribution >= 0.6 is 0 Å². The number of amides is 1. The van der Waals surface area contributed by atoms with E-state index in [9.17, 15) is 4.79 Å². The Labute approximate surface area is 150 Å². The van der Waals surface area contributed by atoms with E-state index in [2.05, 4.69) is 24.1 Å². The highest BCUT2D eigenvalue weighted by Gasteiger charge is 2.27. The maximum Gasteiger partial charge on any atom is 0.227 e. The van der Waals surface area contributed by atoms with Crippen molar-refractivity contribution in [1.29, 1.82) is 0 Å². The number of benzene rings is 1. The van der Waals surface area contributed by atoms with E-state index in [4.69, 9.17) is 15.2 Å². The molecule has 2 atom stereocenters. The van der Waals surface area contributed by atoms with Crippen molar-refractivity contribution in [2.24, 2.45) is 11.7 Å². The number of rotatable bonds is 9. The van der Waals surface area contributed by atoms with Gasteiger partial charge in [0.1, 0.15) is 6.61 Å². The largest absolute Gasteiger partial charge is 0.493 e. The summed E-state index contributed by atoms with van der Waals surface area (Å²) >= 11 is 0. The number of nitrogens with zero attached hydrogens (tertiary/aromatic N) is 1. The molecule has 6 heteroatoms. The summed E-state index contributed by atoms with van der Waals surface area (Å²) in [7, 11) is 1.62. The second kappa shape index (κ2) is 9.63. The van der Waals surface area contributed by atoms with Gasteiger partial charge in [-0.15, -0.1) is 0 Å². The van der Waals surface area contributed by atoms with Crippen LogP contribution in [0.4, 0.5) is 5.69 Å². The predicted molar refractivity (Wildman–Crippen MR) is 100 cm³/mol. The number of likely N-dealkylation sites (N-methyl/N-ethyl adjacent to an activating group) is 1. The van der Waals surface area contributed by atoms with Crippen LogP contribution in [0.5, 0.6) is 11.5 Å². The molecule has 0 bridgehead atoms. The Bertz CT molecular complexity index is 561. The number of hydrogen-bond donors (Lipinski definition) is 2. The number of nitrogens with two attached hydrogens (primary N) is 1. The molecule has 1 saturated carbocycles. The standard InChI is InChI=1S/C19H31N3O3/c1-4-22(5-2)10-11-25-18-13-16(8-9-17(18)24-3)21-19(23)14-6-7-15(20)12-14/h8-9,13-15H,4-7,10-12,20H2,1-3H3,(H,21,23). The predicted octanol–water partition coefficient (Wildman–Crippen LogP) is 2.48. The van der Waals surface area contributed by atoms with Gasteiger partial charge >= 0.3 is 0 Å². The fourth-order valence-corrected chi connectivity index (χ4v) is 3.19. The molecule has 1 aromatic carbocycles. The molecule has 2 rings (SSSR count). The molecule has 0 aromatic heterocycles. The Morgan fingerprint density at radius 1 is 1.28 bits per heavy atom. The summed E-state index contributed by atoms with van der Waals surface area (Å²) < 4.78 is 11.3. The van der Waals surface area contributed by atoms with Crippen LogP contribution < -0.4 is 20.5 Å². The second-order valence-corrected chi connectivity index (χ2v) is 6.50. The lowest BCUT2D eigenvalue weighted by Crippen LogP contribution is -2.28. The molecule has 1 fully saturated rings. The number of nitrogens with one attached hydrogen (secondary N) is 1. The SMILES string of the molecule is CCN(CC)CCOc1cc(NC(=O)C2CCC(N)C2)ccc1OC. The summed E-state index contributed by atoms with van der Waals surface area (Å²) in [6.07, 6.45) is 2.53. The van der Waals surface area contributed by atoms with E-state index in [0.717, 1.165) is 44.6 Å². The van der Waals surface area contributed by atoms with Crippen molar-refractivity contribution in [1.82, 2.24) is 4.90 Å². The van der Waals surface area contributed by atoms with Gasteiger partial charge in [-0.3, -0.25) is 4.79 Å². The zero-order chi connectivity index (χ0) is 18.2. The fraction of sp³-hybridized carbons (Fsp3) is 0.632. The lowest BCUT2D eigenvalue weighted by molar-refractivity contribution is -0.119. The van der Waals surface area contributed by atoms with Gasteiger partial charge < -0.3 is 25.4 Å². The van der Waals surface area contributed by atoms with E-state index in [-0.39, 0.29) is 17.9 Å². The third-order valence-electron chi connectivity index (χ3n) is 4.83. The van der Waals surface area contributed by atoms with Crippen molar-refractivity contribution in [3.8, 4) is 11.5 Å². The van der Waals surface area contributed by atoms with Crippen molar-refractivity contribution in [3.05, 3.63) is 18.2 Å². The second-order valence-electron chi connectivity index (χ2n) is 6.50. The van der Waals surface area contributed by atoms with E-state index in [0.29, 0.717) is 18.1 Å². The third-order valence-corrected chi connectivity index (χ3v) is 4.83. The van der Waals surface area contributed by atoms with Crippen molar-refractivity contribution >= 4 is 11.6 Å². The molecular weight excluding hydrogens is 318 g/mol. The third kappa shape index (κ3) is 5.61. The quantitative estimate of drug-likeness (QED) is 0.716. The molecule has 0 aliphatic heterocycles. The minimum absolute atomic E-state index is 0.00383. The topological polar surface area (TPSA) is 76.8 Å². The summed E-state index contributed by atoms with van der Waals surface area (Å²) in [6.45, 7) is 7.69. The molecule has 0 saturated heterocycles. The van der Waals surface area contributed by atoms with Crippen LogP contribution in [0.1, 0.15) is 33.1 Å². The van der Waals surface area contributed by atoms with Crippen molar-refractivity contribution < 1.29 is 14.3 Å². The Morgan fingerprint density at radius 3 is 2.64 bits per heavy atom. The Balaban J connectivity index is 1.97. The molecule has 0 heterocycles. The summed E-state index contributed by atoms with van der Waals surface area (Å²) in [5.41, 5.74) is 6.63. The van der Waals surface area contributed by atoms with Gasteiger partial charge in [0.25, 0.3) is 0 Å². The van der Waals surface area contributed by atoms with Gasteiger partial charge in [-0.25, -0.2) is 0 Å². The molecule has 25 heavy (non-hydrogen) atoms. The van der Waals surface area contributed by atoms with Crippen molar-refractivity contribution in [2.45, 2.75) is 39.2 Å². The number of carbonyl (C=O) groups is 1. The van der Waals surface area contributed by atoms with E-state index in [1.165, 1.54) is 0 Å². The van der Waals surface area contributed by atoms with E-state index < -0.39 is 0 Å². The molecule has 140 valence electrons. The van der Waals surface area contributed by atoms with E-state index >= 15 is 0 Å². The smallest absolute Gasteiger partial charge is 0.227 e. The first kappa shape index (κ1) is 19.5. The monoisotopic (exact) mass is 349 g/mol. The van der Waals surface area contributed by atoms with Crippen LogP contribution in [-0.4, -0.2) is 50.2 Å². The fourth-order valence-electron chi connectivity index (χ4n) is 3.19. The lowest BCUT2D eigenvalue weighted by Gasteiger charge is -2.19. The first-order chi connectivity index (χ1) is 12.1. The number of anilines is 1. The molecule has 1 amide bonds. The van der Waals surface area contributed by atoms with Crippen LogP contribution in [0.2, 0.25) is 0 Å². The van der Waals surface area contributed by atoms with Gasteiger partial charge in [-0.1, -0.05) is 13.8 Å². The van der Waals surface area contributed by atoms with Crippen LogP contribution in [-0.2, 0) is 4.79 Å². The summed E-state index contributed by atoms with van der Waals surface area (Å²) in [5.74, 6) is 1.35. The van der Waals surface area contributed by atoms with Crippen molar-refractivity contribution in [3.63, 3.8) is 0 Å². The normalized spacial score (nSPS) is 19.9. The molecule has 1 aliphatic carbocycles. The number of ether oxygens (including phenoxy) is 2. The highest BCUT2D eigenvalue weighted by molar-refractivity contribution is 5.93. The average molecular weight is 349 g/mol. The van der Waals surface area contributed by atoms with E-state index in [1.54, 1.807) is 7.11 Å². The van der Waals surface area contributed by atoms with Crippen LogP contribution in [0.25, 0.3) is 0 Å². The Hall–Kier alpha value is -1.79. The van der Waals surface area contributed by atoms with Gasteiger partial charge in [0, 0.05) is 30.3 Å². The molecule has 6 nitrogen and oxygen atoms in total. The molecule has 1 aliphatic rings. The minimum atomic E-state index is 0.00383. The molecule has 1 aromatic rings. The molecule has 0 radical (unpaired) electrons. The van der Waals surface area contributed by atoms with Crippen LogP contribution in [0.15, 0.2) is 18.2 Å². The van der Waals surface area contributed by atoms with Gasteiger partial charge in [-0.2, -0.15) is 0 Å². The number of hydrogen-bond acceptors (Lipinski definition) is 5. The summed E-state index contributed by atoms with van der Waals surface area (Å²) in [4.78, 5) is 14.7. The highest BCUT2D eigenvalue weighted by atomic mass is 16.5. The minimum Gasteiger partial charge on any atom is -0.493 e. The molecule has 3 N–H and O–H groups in total. The highest BCUT2D eigenvalue weighted by Crippen LogP contribution is 2.31. The molecule has 0 spiro atoms. The first-order valence-electron chi connectivity index (χ1n) is 9.17. The van der Waals surface area contributed by atoms with Gasteiger partial charge in [0.15, 0.2) is 11.5 Å². The van der Waals surface area contributed by atoms with Gasteiger partial charge in [0.2, 0.25) is 5.91 Å². The van der Waals surface area contributed by atoms with Crippen LogP contribution in [0.3, 0.4) is 0 Å². The van der Waals surface area contributed by atoms with Gasteiger partial charge in [-0.05, 0) is 44.5 Å². The Morgan fingerprint density at radius 2 is 2.04 bits per heavy atom.